The van der Waals surface area contributed by atoms with Gasteiger partial charge in [-0.2, -0.15) is 0 Å². The van der Waals surface area contributed by atoms with Crippen LogP contribution in [0, 0.1) is 18.6 Å². The van der Waals surface area contributed by atoms with E-state index >= 15 is 0 Å². The third-order valence-electron chi connectivity index (χ3n) is 4.98. The van der Waals surface area contributed by atoms with E-state index in [4.69, 9.17) is 4.52 Å². The number of benzene rings is 2. The van der Waals surface area contributed by atoms with Gasteiger partial charge in [-0.15, -0.1) is 0 Å². The maximum Gasteiger partial charge on any atom is 0.322 e. The van der Waals surface area contributed by atoms with Crippen molar-refractivity contribution in [2.24, 2.45) is 0 Å². The molecule has 5 nitrogen and oxygen atoms in total. The lowest BCUT2D eigenvalue weighted by molar-refractivity contribution is 0.182. The third kappa shape index (κ3) is 3.24. The molecule has 3 aromatic rings. The maximum atomic E-state index is 13.6. The number of nitrogens with one attached hydrogen (secondary N) is 1. The Labute approximate surface area is 160 Å². The Morgan fingerprint density at radius 2 is 2.00 bits per heavy atom. The molecule has 4 rings (SSSR count). The van der Waals surface area contributed by atoms with Crippen molar-refractivity contribution in [2.45, 2.75) is 32.9 Å². The first-order chi connectivity index (χ1) is 13.4. The van der Waals surface area contributed by atoms with Crippen molar-refractivity contribution < 1.29 is 18.1 Å². The molecule has 0 fully saturated rings. The Kier molecular flexibility index (Phi) is 4.58. The molecular weight excluding hydrogens is 364 g/mol. The highest BCUT2D eigenvalue weighted by atomic mass is 19.2. The lowest BCUT2D eigenvalue weighted by Gasteiger charge is -2.32. The quantitative estimate of drug-likeness (QED) is 0.684. The van der Waals surface area contributed by atoms with E-state index in [0.717, 1.165) is 22.9 Å². The first kappa shape index (κ1) is 18.2. The molecule has 1 N–H and O–H groups in total. The van der Waals surface area contributed by atoms with Gasteiger partial charge in [0, 0.05) is 35.3 Å². The molecule has 0 bridgehead atoms. The van der Waals surface area contributed by atoms with E-state index in [0.29, 0.717) is 18.7 Å². The topological polar surface area (TPSA) is 58.4 Å². The van der Waals surface area contributed by atoms with Crippen LogP contribution in [0.25, 0.3) is 11.3 Å². The van der Waals surface area contributed by atoms with E-state index in [1.54, 1.807) is 4.90 Å². The maximum absolute atomic E-state index is 13.6. The van der Waals surface area contributed by atoms with Crippen molar-refractivity contribution >= 4 is 11.7 Å². The van der Waals surface area contributed by atoms with Gasteiger partial charge in [-0.25, -0.2) is 13.6 Å². The molecule has 0 saturated heterocycles. The standard InChI is InChI=1S/C21H19F2N3O2/c1-12-8-15(10-17(22)19(12)23)24-21(27)26-11-16-18(9-13(26)2)25-28-20(16)14-6-4-3-5-7-14/h3-8,10,13H,9,11H2,1-2H3,(H,24,27). The molecule has 1 unspecified atom stereocenters. The van der Waals surface area contributed by atoms with Crippen LogP contribution in [0.1, 0.15) is 23.7 Å². The Hall–Kier alpha value is -3.22. The molecule has 7 heteroatoms. The number of fused-ring (bicyclic) bond motifs is 1. The summed E-state index contributed by atoms with van der Waals surface area (Å²) in [6.45, 7) is 3.68. The average molecular weight is 383 g/mol. The van der Waals surface area contributed by atoms with E-state index in [-0.39, 0.29) is 23.3 Å². The SMILES string of the molecule is Cc1cc(NC(=O)N2Cc3c(noc3-c3ccccc3)CC2C)cc(F)c1F. The van der Waals surface area contributed by atoms with Crippen LogP contribution in [0.15, 0.2) is 47.0 Å². The zero-order chi connectivity index (χ0) is 19.8. The molecule has 144 valence electrons. The fourth-order valence-electron chi connectivity index (χ4n) is 3.46. The van der Waals surface area contributed by atoms with Crippen molar-refractivity contribution in [1.82, 2.24) is 10.1 Å². The lowest BCUT2D eigenvalue weighted by atomic mass is 9.98. The molecule has 0 spiro atoms. The van der Waals surface area contributed by atoms with E-state index in [9.17, 15) is 13.6 Å². The molecular formula is C21H19F2N3O2. The average Bonchev–Trinajstić information content (AvgIpc) is 3.08. The highest BCUT2D eigenvalue weighted by Crippen LogP contribution is 2.32. The Balaban J connectivity index is 1.59. The summed E-state index contributed by atoms with van der Waals surface area (Å²) in [5.74, 6) is -1.26. The van der Waals surface area contributed by atoms with Crippen LogP contribution in [0.2, 0.25) is 0 Å². The molecule has 1 aliphatic rings. The third-order valence-corrected chi connectivity index (χ3v) is 4.98. The molecule has 0 aliphatic carbocycles. The van der Waals surface area contributed by atoms with Crippen molar-refractivity contribution in [3.8, 4) is 11.3 Å². The summed E-state index contributed by atoms with van der Waals surface area (Å²) >= 11 is 0. The molecule has 28 heavy (non-hydrogen) atoms. The van der Waals surface area contributed by atoms with Crippen LogP contribution >= 0.6 is 0 Å². The summed E-state index contributed by atoms with van der Waals surface area (Å²) in [6.07, 6.45) is 0.551. The molecule has 2 heterocycles. The predicted octanol–water partition coefficient (Wildman–Crippen LogP) is 4.91. The van der Waals surface area contributed by atoms with E-state index < -0.39 is 11.6 Å². The molecule has 0 saturated carbocycles. The zero-order valence-electron chi connectivity index (χ0n) is 15.5. The second-order valence-corrected chi connectivity index (χ2v) is 7.00. The van der Waals surface area contributed by atoms with Gasteiger partial charge in [0.15, 0.2) is 17.4 Å². The van der Waals surface area contributed by atoms with Crippen molar-refractivity contribution in [1.29, 1.82) is 0 Å². The number of carbonyl (C=O) groups excluding carboxylic acids is 1. The number of aromatic nitrogens is 1. The number of hydrogen-bond acceptors (Lipinski definition) is 3. The number of hydrogen-bond donors (Lipinski definition) is 1. The normalized spacial score (nSPS) is 16.0. The Morgan fingerprint density at radius 1 is 1.25 bits per heavy atom. The van der Waals surface area contributed by atoms with Crippen LogP contribution in [0.5, 0.6) is 0 Å². The van der Waals surface area contributed by atoms with Crippen LogP contribution in [-0.2, 0) is 13.0 Å². The summed E-state index contributed by atoms with van der Waals surface area (Å²) in [6, 6.07) is 11.5. The molecule has 1 atom stereocenters. The first-order valence-electron chi connectivity index (χ1n) is 9.00. The monoisotopic (exact) mass is 383 g/mol. The number of nitrogens with zero attached hydrogens (tertiary/aromatic N) is 2. The van der Waals surface area contributed by atoms with Crippen molar-refractivity contribution in [3.05, 3.63) is 70.9 Å². The predicted molar refractivity (Wildman–Crippen MR) is 101 cm³/mol. The lowest BCUT2D eigenvalue weighted by Crippen LogP contribution is -2.44. The first-order valence-corrected chi connectivity index (χ1v) is 9.00. The number of carbonyl (C=O) groups is 1. The van der Waals surface area contributed by atoms with E-state index in [1.807, 2.05) is 37.3 Å². The number of aryl methyl sites for hydroxylation is 1. The number of halogens is 2. The smallest absolute Gasteiger partial charge is 0.322 e. The minimum absolute atomic E-state index is 0.118. The fraction of sp³-hybridized carbons (Fsp3) is 0.238. The van der Waals surface area contributed by atoms with E-state index in [1.165, 1.54) is 13.0 Å². The molecule has 0 radical (unpaired) electrons. The highest BCUT2D eigenvalue weighted by molar-refractivity contribution is 5.90. The number of urea groups is 1. The largest absolute Gasteiger partial charge is 0.356 e. The van der Waals surface area contributed by atoms with Gasteiger partial charge in [0.2, 0.25) is 0 Å². The molecule has 2 amide bonds. The summed E-state index contributed by atoms with van der Waals surface area (Å²) in [5.41, 5.74) is 2.94. The van der Waals surface area contributed by atoms with Gasteiger partial charge in [-0.3, -0.25) is 0 Å². The van der Waals surface area contributed by atoms with Crippen LogP contribution in [0.3, 0.4) is 0 Å². The Bertz CT molecular complexity index is 1010. The van der Waals surface area contributed by atoms with Gasteiger partial charge in [-0.05, 0) is 25.5 Å². The summed E-state index contributed by atoms with van der Waals surface area (Å²) in [5, 5.41) is 6.83. The van der Waals surface area contributed by atoms with Gasteiger partial charge in [-0.1, -0.05) is 35.5 Å². The fourth-order valence-corrected chi connectivity index (χ4v) is 3.46. The molecule has 1 aliphatic heterocycles. The number of anilines is 1. The van der Waals surface area contributed by atoms with Crippen molar-refractivity contribution in [2.75, 3.05) is 5.32 Å². The second kappa shape index (κ2) is 7.07. The van der Waals surface area contributed by atoms with Crippen molar-refractivity contribution in [3.63, 3.8) is 0 Å². The van der Waals surface area contributed by atoms with Gasteiger partial charge in [0.1, 0.15) is 0 Å². The summed E-state index contributed by atoms with van der Waals surface area (Å²) < 4.78 is 32.7. The van der Waals surface area contributed by atoms with Crippen LogP contribution in [0.4, 0.5) is 19.3 Å². The zero-order valence-corrected chi connectivity index (χ0v) is 15.5. The minimum Gasteiger partial charge on any atom is -0.356 e. The van der Waals surface area contributed by atoms with Gasteiger partial charge < -0.3 is 14.7 Å². The highest BCUT2D eigenvalue weighted by Gasteiger charge is 2.32. The van der Waals surface area contributed by atoms with Gasteiger partial charge >= 0.3 is 6.03 Å². The van der Waals surface area contributed by atoms with Crippen LogP contribution in [-0.4, -0.2) is 22.1 Å². The second-order valence-electron chi connectivity index (χ2n) is 7.00. The summed E-state index contributed by atoms with van der Waals surface area (Å²) in [4.78, 5) is 14.5. The van der Waals surface area contributed by atoms with Gasteiger partial charge in [0.25, 0.3) is 0 Å². The van der Waals surface area contributed by atoms with E-state index in [2.05, 4.69) is 10.5 Å². The number of amides is 2. The molecule has 1 aromatic heterocycles. The summed E-state index contributed by atoms with van der Waals surface area (Å²) in [7, 11) is 0. The Morgan fingerprint density at radius 3 is 2.71 bits per heavy atom. The van der Waals surface area contributed by atoms with Gasteiger partial charge in [0.05, 0.1) is 12.2 Å². The number of rotatable bonds is 2. The molecule has 2 aromatic carbocycles. The minimum atomic E-state index is -0.991. The van der Waals surface area contributed by atoms with Crippen LogP contribution < -0.4 is 5.32 Å².